The Bertz CT molecular complexity index is 332. The first-order valence-corrected chi connectivity index (χ1v) is 8.17. The zero-order valence-electron chi connectivity index (χ0n) is 10.6. The van der Waals surface area contributed by atoms with E-state index in [4.69, 9.17) is 0 Å². The maximum Gasteiger partial charge on any atom is 0.215 e. The molecule has 0 amide bonds. The van der Waals surface area contributed by atoms with Crippen LogP contribution in [0, 0.1) is 12.3 Å². The maximum atomic E-state index is 12.1. The fourth-order valence-electron chi connectivity index (χ4n) is 2.24. The SMILES string of the molecule is CN(CCS(=O)(=O)N1CC[CH]CC1)CC1CC1. The molecule has 5 heteroatoms. The predicted octanol–water partition coefficient (Wildman–Crippen LogP) is 0.958. The number of hydrogen-bond donors (Lipinski definition) is 0. The third kappa shape index (κ3) is 4.23. The topological polar surface area (TPSA) is 40.6 Å². The van der Waals surface area contributed by atoms with Crippen LogP contribution in [0.15, 0.2) is 0 Å². The zero-order valence-corrected chi connectivity index (χ0v) is 11.5. The monoisotopic (exact) mass is 259 g/mol. The van der Waals surface area contributed by atoms with E-state index in [-0.39, 0.29) is 5.75 Å². The normalized spacial score (nSPS) is 23.2. The van der Waals surface area contributed by atoms with Crippen LogP contribution in [0.2, 0.25) is 0 Å². The third-order valence-corrected chi connectivity index (χ3v) is 5.41. The molecular weight excluding hydrogens is 236 g/mol. The van der Waals surface area contributed by atoms with Gasteiger partial charge in [-0.25, -0.2) is 12.7 Å². The molecule has 17 heavy (non-hydrogen) atoms. The fourth-order valence-corrected chi connectivity index (χ4v) is 3.81. The Morgan fingerprint density at radius 1 is 1.29 bits per heavy atom. The Morgan fingerprint density at radius 2 is 1.94 bits per heavy atom. The highest BCUT2D eigenvalue weighted by atomic mass is 32.2. The zero-order chi connectivity index (χ0) is 12.3. The molecule has 2 fully saturated rings. The van der Waals surface area contributed by atoms with Gasteiger partial charge in [-0.1, -0.05) is 0 Å². The van der Waals surface area contributed by atoms with Gasteiger partial charge in [0.05, 0.1) is 5.75 Å². The lowest BCUT2D eigenvalue weighted by atomic mass is 10.2. The standard InChI is InChI=1S/C12H23N2O2S/c1-13(11-12-5-6-12)9-10-17(15,16)14-7-3-2-4-8-14/h2,12H,3-11H2,1H3. The molecule has 0 aromatic carbocycles. The van der Waals surface area contributed by atoms with E-state index in [2.05, 4.69) is 11.3 Å². The summed E-state index contributed by atoms with van der Waals surface area (Å²) in [5.41, 5.74) is 0. The first kappa shape index (κ1) is 13.3. The van der Waals surface area contributed by atoms with Crippen LogP contribution < -0.4 is 0 Å². The van der Waals surface area contributed by atoms with Crippen molar-refractivity contribution in [2.45, 2.75) is 25.7 Å². The number of sulfonamides is 1. The van der Waals surface area contributed by atoms with Crippen LogP contribution in [0.1, 0.15) is 25.7 Å². The molecule has 99 valence electrons. The van der Waals surface area contributed by atoms with Gasteiger partial charge in [0.25, 0.3) is 0 Å². The second kappa shape index (κ2) is 5.67. The van der Waals surface area contributed by atoms with Crippen molar-refractivity contribution in [3.8, 4) is 0 Å². The largest absolute Gasteiger partial charge is 0.305 e. The van der Waals surface area contributed by atoms with Gasteiger partial charge in [-0.15, -0.1) is 0 Å². The number of hydrogen-bond acceptors (Lipinski definition) is 3. The highest BCUT2D eigenvalue weighted by Crippen LogP contribution is 2.29. The van der Waals surface area contributed by atoms with Crippen LogP contribution in [0.25, 0.3) is 0 Å². The molecule has 0 spiro atoms. The molecule has 0 atom stereocenters. The van der Waals surface area contributed by atoms with Gasteiger partial charge in [0.1, 0.15) is 0 Å². The van der Waals surface area contributed by atoms with E-state index in [1.807, 2.05) is 7.05 Å². The van der Waals surface area contributed by atoms with Gasteiger partial charge in [0, 0.05) is 26.2 Å². The van der Waals surface area contributed by atoms with Crippen LogP contribution in [0.3, 0.4) is 0 Å². The summed E-state index contributed by atoms with van der Waals surface area (Å²) in [6, 6.07) is 0. The van der Waals surface area contributed by atoms with Crippen LogP contribution in [-0.2, 0) is 10.0 Å². The second-order valence-electron chi connectivity index (χ2n) is 5.29. The lowest BCUT2D eigenvalue weighted by molar-refractivity contribution is 0.330. The molecule has 0 aromatic heterocycles. The lowest BCUT2D eigenvalue weighted by Crippen LogP contribution is -2.40. The molecule has 2 rings (SSSR count). The Balaban J connectivity index is 1.75. The van der Waals surface area contributed by atoms with Crippen molar-refractivity contribution < 1.29 is 8.42 Å². The van der Waals surface area contributed by atoms with Crippen molar-refractivity contribution in [3.63, 3.8) is 0 Å². The van der Waals surface area contributed by atoms with E-state index in [0.29, 0.717) is 19.6 Å². The predicted molar refractivity (Wildman–Crippen MR) is 69.1 cm³/mol. The summed E-state index contributed by atoms with van der Waals surface area (Å²) in [7, 11) is -0.997. The molecule has 0 unspecified atom stereocenters. The van der Waals surface area contributed by atoms with Gasteiger partial charge in [0.15, 0.2) is 0 Å². The molecule has 2 aliphatic rings. The Labute approximate surface area is 105 Å². The molecule has 1 aliphatic carbocycles. The number of nitrogens with zero attached hydrogens (tertiary/aromatic N) is 2. The minimum absolute atomic E-state index is 0.274. The van der Waals surface area contributed by atoms with Gasteiger partial charge >= 0.3 is 0 Å². The average Bonchev–Trinajstić information content (AvgIpc) is 3.12. The minimum atomic E-state index is -3.02. The first-order valence-electron chi connectivity index (χ1n) is 6.56. The van der Waals surface area contributed by atoms with E-state index < -0.39 is 10.0 Å². The molecule has 4 nitrogen and oxygen atoms in total. The quantitative estimate of drug-likeness (QED) is 0.713. The van der Waals surface area contributed by atoms with Gasteiger partial charge in [0.2, 0.25) is 10.0 Å². The van der Waals surface area contributed by atoms with Crippen LogP contribution in [0.5, 0.6) is 0 Å². The number of rotatable bonds is 6. The Morgan fingerprint density at radius 3 is 2.53 bits per heavy atom. The maximum absolute atomic E-state index is 12.1. The fraction of sp³-hybridized carbons (Fsp3) is 0.917. The Kier molecular flexibility index (Phi) is 4.44. The molecule has 0 aromatic rings. The van der Waals surface area contributed by atoms with Crippen molar-refractivity contribution in [1.82, 2.24) is 9.21 Å². The van der Waals surface area contributed by atoms with Gasteiger partial charge in [-0.05, 0) is 45.1 Å². The second-order valence-corrected chi connectivity index (χ2v) is 7.38. The van der Waals surface area contributed by atoms with E-state index in [0.717, 1.165) is 25.3 Å². The highest BCUT2D eigenvalue weighted by Gasteiger charge is 2.26. The van der Waals surface area contributed by atoms with Gasteiger partial charge in [-0.3, -0.25) is 0 Å². The van der Waals surface area contributed by atoms with Crippen molar-refractivity contribution >= 4 is 10.0 Å². The van der Waals surface area contributed by atoms with E-state index in [1.165, 1.54) is 12.8 Å². The van der Waals surface area contributed by atoms with E-state index in [9.17, 15) is 8.42 Å². The Hall–Kier alpha value is -0.130. The number of piperidine rings is 1. The summed E-state index contributed by atoms with van der Waals surface area (Å²) in [4.78, 5) is 2.16. The summed E-state index contributed by atoms with van der Waals surface area (Å²) in [5, 5.41) is 0. The summed E-state index contributed by atoms with van der Waals surface area (Å²) in [6.45, 7) is 3.08. The van der Waals surface area contributed by atoms with Crippen molar-refractivity contribution in [2.75, 3.05) is 39.0 Å². The van der Waals surface area contributed by atoms with Crippen LogP contribution in [-0.4, -0.2) is 56.6 Å². The smallest absolute Gasteiger partial charge is 0.215 e. The highest BCUT2D eigenvalue weighted by molar-refractivity contribution is 7.89. The minimum Gasteiger partial charge on any atom is -0.305 e. The van der Waals surface area contributed by atoms with E-state index >= 15 is 0 Å². The van der Waals surface area contributed by atoms with Crippen LogP contribution in [0.4, 0.5) is 0 Å². The molecular formula is C12H23N2O2S. The summed E-state index contributed by atoms with van der Waals surface area (Å²) in [6.07, 6.45) is 6.61. The molecule has 1 heterocycles. The van der Waals surface area contributed by atoms with Crippen LogP contribution >= 0.6 is 0 Å². The van der Waals surface area contributed by atoms with Gasteiger partial charge in [-0.2, -0.15) is 0 Å². The summed E-state index contributed by atoms with van der Waals surface area (Å²) >= 11 is 0. The van der Waals surface area contributed by atoms with Crippen molar-refractivity contribution in [1.29, 1.82) is 0 Å². The average molecular weight is 259 g/mol. The molecule has 1 saturated heterocycles. The molecule has 0 bridgehead atoms. The summed E-state index contributed by atoms with van der Waals surface area (Å²) in [5.74, 6) is 1.10. The molecule has 1 aliphatic heterocycles. The van der Waals surface area contributed by atoms with E-state index in [1.54, 1.807) is 4.31 Å². The first-order chi connectivity index (χ1) is 8.08. The van der Waals surface area contributed by atoms with Crippen molar-refractivity contribution in [3.05, 3.63) is 6.42 Å². The summed E-state index contributed by atoms with van der Waals surface area (Å²) < 4.78 is 25.8. The lowest BCUT2D eigenvalue weighted by Gasteiger charge is -2.26. The van der Waals surface area contributed by atoms with Gasteiger partial charge < -0.3 is 4.90 Å². The molecule has 1 radical (unpaired) electrons. The molecule has 0 N–H and O–H groups in total. The van der Waals surface area contributed by atoms with Crippen molar-refractivity contribution in [2.24, 2.45) is 5.92 Å². The molecule has 1 saturated carbocycles. The third-order valence-electron chi connectivity index (χ3n) is 3.56.